The molecule has 0 aliphatic carbocycles. The van der Waals surface area contributed by atoms with E-state index >= 15 is 0 Å². The first-order valence-electron chi connectivity index (χ1n) is 6.49. The quantitative estimate of drug-likeness (QED) is 0.852. The Morgan fingerprint density at radius 2 is 2.20 bits per heavy atom. The molecule has 108 valence electrons. The number of benzene rings is 1. The maximum atomic E-state index is 14.0. The lowest BCUT2D eigenvalue weighted by molar-refractivity contribution is 0.248. The van der Waals surface area contributed by atoms with Gasteiger partial charge in [-0.1, -0.05) is 22.0 Å². The molecule has 2 rings (SSSR count). The van der Waals surface area contributed by atoms with Gasteiger partial charge in [0.05, 0.1) is 0 Å². The van der Waals surface area contributed by atoms with Gasteiger partial charge in [0, 0.05) is 34.0 Å². The Balaban J connectivity index is 2.08. The Kier molecular flexibility index (Phi) is 5.72. The molecule has 0 amide bonds. The third-order valence-electron chi connectivity index (χ3n) is 3.36. The lowest BCUT2D eigenvalue weighted by Crippen LogP contribution is -2.32. The van der Waals surface area contributed by atoms with Crippen molar-refractivity contribution >= 4 is 27.3 Å². The summed E-state index contributed by atoms with van der Waals surface area (Å²) in [4.78, 5) is 3.45. The van der Waals surface area contributed by atoms with Crippen LogP contribution >= 0.6 is 27.3 Å². The molecular formula is C15H18BrFN2S. The van der Waals surface area contributed by atoms with E-state index in [2.05, 4.69) is 32.3 Å². The van der Waals surface area contributed by atoms with Gasteiger partial charge < -0.3 is 5.73 Å². The van der Waals surface area contributed by atoms with Gasteiger partial charge in [0.2, 0.25) is 0 Å². The Labute approximate surface area is 131 Å². The summed E-state index contributed by atoms with van der Waals surface area (Å²) in [6.45, 7) is 1.25. The number of nitrogens with zero attached hydrogens (tertiary/aromatic N) is 1. The van der Waals surface area contributed by atoms with Crippen molar-refractivity contribution in [2.75, 3.05) is 20.1 Å². The van der Waals surface area contributed by atoms with Crippen LogP contribution in [0.25, 0.3) is 0 Å². The molecule has 0 fully saturated rings. The zero-order valence-corrected chi connectivity index (χ0v) is 13.8. The lowest BCUT2D eigenvalue weighted by atomic mass is 10.0. The van der Waals surface area contributed by atoms with E-state index in [1.807, 2.05) is 19.2 Å². The molecule has 2 N–H and O–H groups in total. The summed E-state index contributed by atoms with van der Waals surface area (Å²) >= 11 is 5.14. The molecule has 1 unspecified atom stereocenters. The summed E-state index contributed by atoms with van der Waals surface area (Å²) in [5.74, 6) is -0.202. The molecule has 0 saturated heterocycles. The fourth-order valence-electron chi connectivity index (χ4n) is 2.21. The van der Waals surface area contributed by atoms with Crippen LogP contribution in [0.5, 0.6) is 0 Å². The van der Waals surface area contributed by atoms with Crippen molar-refractivity contribution in [2.45, 2.75) is 12.5 Å². The minimum Gasteiger partial charge on any atom is -0.329 e. The summed E-state index contributed by atoms with van der Waals surface area (Å²) < 4.78 is 14.9. The van der Waals surface area contributed by atoms with E-state index in [4.69, 9.17) is 5.73 Å². The van der Waals surface area contributed by atoms with E-state index in [1.165, 1.54) is 10.9 Å². The molecule has 0 bridgehead atoms. The molecule has 1 aromatic heterocycles. The fraction of sp³-hybridized carbons (Fsp3) is 0.333. The maximum absolute atomic E-state index is 14.0. The SMILES string of the molecule is CN(CCc1cccs1)C(CN)c1cc(Br)ccc1F. The number of likely N-dealkylation sites (N-methyl/N-ethyl adjacent to an activating group) is 1. The van der Waals surface area contributed by atoms with Crippen molar-refractivity contribution in [1.82, 2.24) is 4.90 Å². The van der Waals surface area contributed by atoms with Crippen molar-refractivity contribution in [1.29, 1.82) is 0 Å². The standard InChI is InChI=1S/C15H18BrFN2S/c1-19(7-6-12-3-2-8-20-12)15(10-18)13-9-11(16)4-5-14(13)17/h2-5,8-9,15H,6-7,10,18H2,1H3. The zero-order chi connectivity index (χ0) is 14.5. The van der Waals surface area contributed by atoms with Gasteiger partial charge in [-0.15, -0.1) is 11.3 Å². The average Bonchev–Trinajstić information content (AvgIpc) is 2.94. The van der Waals surface area contributed by atoms with Crippen LogP contribution in [0.1, 0.15) is 16.5 Å². The minimum atomic E-state index is -0.202. The summed E-state index contributed by atoms with van der Waals surface area (Å²) in [6.07, 6.45) is 0.959. The Morgan fingerprint density at radius 1 is 1.40 bits per heavy atom. The smallest absolute Gasteiger partial charge is 0.128 e. The Bertz CT molecular complexity index is 545. The van der Waals surface area contributed by atoms with E-state index < -0.39 is 0 Å². The largest absolute Gasteiger partial charge is 0.329 e. The van der Waals surface area contributed by atoms with Gasteiger partial charge in [0.15, 0.2) is 0 Å². The molecule has 0 saturated carbocycles. The van der Waals surface area contributed by atoms with Crippen molar-refractivity contribution in [3.05, 3.63) is 56.4 Å². The molecule has 2 aromatic rings. The topological polar surface area (TPSA) is 29.3 Å². The predicted octanol–water partition coefficient (Wildman–Crippen LogP) is 3.82. The van der Waals surface area contributed by atoms with Crippen LogP contribution < -0.4 is 5.73 Å². The fourth-order valence-corrected chi connectivity index (χ4v) is 3.29. The number of rotatable bonds is 6. The lowest BCUT2D eigenvalue weighted by Gasteiger charge is -2.27. The van der Waals surface area contributed by atoms with E-state index in [0.29, 0.717) is 12.1 Å². The second kappa shape index (κ2) is 7.31. The number of hydrogen-bond donors (Lipinski definition) is 1. The monoisotopic (exact) mass is 356 g/mol. The van der Waals surface area contributed by atoms with E-state index in [0.717, 1.165) is 17.4 Å². The molecule has 0 radical (unpaired) electrons. The number of nitrogens with two attached hydrogens (primary N) is 1. The highest BCUT2D eigenvalue weighted by Crippen LogP contribution is 2.25. The number of hydrogen-bond acceptors (Lipinski definition) is 3. The predicted molar refractivity (Wildman–Crippen MR) is 86.5 cm³/mol. The van der Waals surface area contributed by atoms with Gasteiger partial charge in [-0.3, -0.25) is 4.90 Å². The van der Waals surface area contributed by atoms with Crippen molar-refractivity contribution < 1.29 is 4.39 Å². The van der Waals surface area contributed by atoms with E-state index in [-0.39, 0.29) is 11.9 Å². The van der Waals surface area contributed by atoms with Crippen molar-refractivity contribution in [2.24, 2.45) is 5.73 Å². The maximum Gasteiger partial charge on any atom is 0.128 e. The highest BCUT2D eigenvalue weighted by Gasteiger charge is 2.19. The van der Waals surface area contributed by atoms with Gasteiger partial charge in [-0.25, -0.2) is 4.39 Å². The molecular weight excluding hydrogens is 339 g/mol. The molecule has 2 nitrogen and oxygen atoms in total. The van der Waals surface area contributed by atoms with Crippen LogP contribution in [0.15, 0.2) is 40.2 Å². The molecule has 1 heterocycles. The van der Waals surface area contributed by atoms with Crippen LogP contribution in [0.2, 0.25) is 0 Å². The second-order valence-corrected chi connectivity index (χ2v) is 6.68. The van der Waals surface area contributed by atoms with Gasteiger partial charge in [-0.2, -0.15) is 0 Å². The molecule has 5 heteroatoms. The molecule has 1 atom stereocenters. The average molecular weight is 357 g/mol. The van der Waals surface area contributed by atoms with Gasteiger partial charge in [0.25, 0.3) is 0 Å². The molecule has 20 heavy (non-hydrogen) atoms. The highest BCUT2D eigenvalue weighted by atomic mass is 79.9. The Hall–Kier alpha value is -0.750. The minimum absolute atomic E-state index is 0.104. The first-order chi connectivity index (χ1) is 9.61. The summed E-state index contributed by atoms with van der Waals surface area (Å²) in [5, 5.41) is 2.07. The van der Waals surface area contributed by atoms with Crippen molar-refractivity contribution in [3.63, 3.8) is 0 Å². The van der Waals surface area contributed by atoms with Gasteiger partial charge in [0.1, 0.15) is 5.82 Å². The molecule has 0 aliphatic rings. The summed E-state index contributed by atoms with van der Waals surface area (Å²) in [6, 6.07) is 9.07. The number of halogens is 2. The molecule has 0 spiro atoms. The first-order valence-corrected chi connectivity index (χ1v) is 8.16. The third-order valence-corrected chi connectivity index (χ3v) is 4.79. The van der Waals surface area contributed by atoms with Crippen molar-refractivity contribution in [3.8, 4) is 0 Å². The van der Waals surface area contributed by atoms with Crippen LogP contribution in [0.4, 0.5) is 4.39 Å². The number of thiophene rings is 1. The van der Waals surface area contributed by atoms with Crippen LogP contribution in [-0.2, 0) is 6.42 Å². The van der Waals surface area contributed by atoms with E-state index in [9.17, 15) is 4.39 Å². The normalized spacial score (nSPS) is 12.8. The zero-order valence-electron chi connectivity index (χ0n) is 11.4. The highest BCUT2D eigenvalue weighted by molar-refractivity contribution is 9.10. The Morgan fingerprint density at radius 3 is 2.85 bits per heavy atom. The first kappa shape index (κ1) is 15.6. The van der Waals surface area contributed by atoms with Gasteiger partial charge in [-0.05, 0) is 43.1 Å². The van der Waals surface area contributed by atoms with E-state index in [1.54, 1.807) is 17.4 Å². The van der Waals surface area contributed by atoms with Crippen LogP contribution in [0.3, 0.4) is 0 Å². The third kappa shape index (κ3) is 3.88. The van der Waals surface area contributed by atoms with Crippen LogP contribution in [0, 0.1) is 5.82 Å². The summed E-state index contributed by atoms with van der Waals surface area (Å²) in [5.41, 5.74) is 6.50. The second-order valence-electron chi connectivity index (χ2n) is 4.73. The summed E-state index contributed by atoms with van der Waals surface area (Å²) in [7, 11) is 1.99. The molecule has 0 aliphatic heterocycles. The van der Waals surface area contributed by atoms with Gasteiger partial charge >= 0.3 is 0 Å². The molecule has 1 aromatic carbocycles. The van der Waals surface area contributed by atoms with Crippen LogP contribution in [-0.4, -0.2) is 25.0 Å².